The fourth-order valence-electron chi connectivity index (χ4n) is 3.20. The normalized spacial score (nSPS) is 11.4. The molecule has 0 bridgehead atoms. The number of halogens is 1. The third kappa shape index (κ3) is 4.03. The fraction of sp³-hybridized carbons (Fsp3) is 0.130. The van der Waals surface area contributed by atoms with Gasteiger partial charge in [-0.3, -0.25) is 4.99 Å². The molecule has 0 unspecified atom stereocenters. The zero-order valence-electron chi connectivity index (χ0n) is 16.1. The number of aromatic nitrogens is 1. The molecule has 0 spiro atoms. The Hall–Kier alpha value is -3.12. The molecule has 0 aliphatic rings. The van der Waals surface area contributed by atoms with Gasteiger partial charge in [-0.2, -0.15) is 0 Å². The van der Waals surface area contributed by atoms with Gasteiger partial charge in [0.2, 0.25) is 5.76 Å². The lowest BCUT2D eigenvalue weighted by atomic mass is 10.2. The summed E-state index contributed by atoms with van der Waals surface area (Å²) in [7, 11) is 1.34. The molecule has 4 aromatic rings. The molecule has 0 aliphatic carbocycles. The number of nitrogens with zero attached hydrogens (tertiary/aromatic N) is 2. The lowest BCUT2D eigenvalue weighted by Gasteiger charge is -2.02. The van der Waals surface area contributed by atoms with Crippen LogP contribution in [0.3, 0.4) is 0 Å². The van der Waals surface area contributed by atoms with Crippen molar-refractivity contribution in [3.05, 3.63) is 87.9 Å². The van der Waals surface area contributed by atoms with E-state index in [0.717, 1.165) is 32.2 Å². The molecule has 6 heteroatoms. The summed E-state index contributed by atoms with van der Waals surface area (Å²) < 4.78 is 13.5. The molecule has 4 rings (SSSR count). The predicted molar refractivity (Wildman–Crippen MR) is 117 cm³/mol. The van der Waals surface area contributed by atoms with Gasteiger partial charge in [-0.15, -0.1) is 0 Å². The first-order valence-electron chi connectivity index (χ1n) is 9.10. The molecule has 2 aromatic heterocycles. The molecule has 146 valence electrons. The Morgan fingerprint density at radius 3 is 2.83 bits per heavy atom. The highest BCUT2D eigenvalue weighted by Crippen LogP contribution is 2.25. The topological polar surface area (TPSA) is 56.7 Å². The molecule has 0 aliphatic heterocycles. The van der Waals surface area contributed by atoms with Crippen LogP contribution in [0.25, 0.3) is 10.9 Å². The lowest BCUT2D eigenvalue weighted by Crippen LogP contribution is -1.99. The summed E-state index contributed by atoms with van der Waals surface area (Å²) in [5, 5.41) is 1.10. The molecule has 0 radical (unpaired) electrons. The first kappa shape index (κ1) is 19.2. The van der Waals surface area contributed by atoms with E-state index in [4.69, 9.17) is 9.15 Å². The number of benzene rings is 2. The third-order valence-corrected chi connectivity index (χ3v) is 5.58. The fourth-order valence-corrected chi connectivity index (χ4v) is 3.45. The minimum atomic E-state index is -0.480. The first-order valence-corrected chi connectivity index (χ1v) is 9.89. The number of aryl methyl sites for hydroxylation is 1. The van der Waals surface area contributed by atoms with E-state index >= 15 is 0 Å². The second-order valence-corrected chi connectivity index (χ2v) is 7.53. The number of carbonyl (C=O) groups excluding carboxylic acids is 1. The molecule has 2 heterocycles. The van der Waals surface area contributed by atoms with Crippen LogP contribution in [0.4, 0.5) is 5.69 Å². The number of methoxy groups -OCH3 is 1. The number of hydrogen-bond acceptors (Lipinski definition) is 4. The number of hydrogen-bond donors (Lipinski definition) is 0. The van der Waals surface area contributed by atoms with Gasteiger partial charge < -0.3 is 13.7 Å². The van der Waals surface area contributed by atoms with Crippen LogP contribution in [0.15, 0.2) is 74.7 Å². The third-order valence-electron chi connectivity index (χ3n) is 4.69. The van der Waals surface area contributed by atoms with Crippen molar-refractivity contribution in [1.82, 2.24) is 4.57 Å². The van der Waals surface area contributed by atoms with Gasteiger partial charge in [-0.25, -0.2) is 4.79 Å². The molecular formula is C23H19BrN2O3. The lowest BCUT2D eigenvalue weighted by molar-refractivity contribution is 0.0563. The van der Waals surface area contributed by atoms with Crippen molar-refractivity contribution in [2.45, 2.75) is 13.5 Å². The van der Waals surface area contributed by atoms with E-state index < -0.39 is 5.97 Å². The van der Waals surface area contributed by atoms with Crippen molar-refractivity contribution in [1.29, 1.82) is 0 Å². The van der Waals surface area contributed by atoms with E-state index in [0.29, 0.717) is 12.3 Å². The Morgan fingerprint density at radius 1 is 1.21 bits per heavy atom. The molecule has 0 amide bonds. The van der Waals surface area contributed by atoms with E-state index in [1.807, 2.05) is 49.7 Å². The van der Waals surface area contributed by atoms with Crippen molar-refractivity contribution >= 4 is 44.7 Å². The van der Waals surface area contributed by atoms with Gasteiger partial charge in [-0.1, -0.05) is 34.1 Å². The summed E-state index contributed by atoms with van der Waals surface area (Å²) in [6, 6.07) is 17.6. The molecule has 2 aromatic carbocycles. The van der Waals surface area contributed by atoms with E-state index in [-0.39, 0.29) is 5.76 Å². The Labute approximate surface area is 176 Å². The van der Waals surface area contributed by atoms with Crippen LogP contribution >= 0.6 is 15.9 Å². The minimum absolute atomic E-state index is 0.200. The number of fused-ring (bicyclic) bond motifs is 1. The zero-order chi connectivity index (χ0) is 20.4. The van der Waals surface area contributed by atoms with Gasteiger partial charge in [-0.05, 0) is 48.9 Å². The number of carbonyl (C=O) groups is 1. The molecular weight excluding hydrogens is 432 g/mol. The van der Waals surface area contributed by atoms with Crippen molar-refractivity contribution in [2.75, 3.05) is 7.11 Å². The molecule has 0 saturated heterocycles. The predicted octanol–water partition coefficient (Wildman–Crippen LogP) is 5.89. The van der Waals surface area contributed by atoms with Gasteiger partial charge >= 0.3 is 5.97 Å². The number of ether oxygens (including phenoxy) is 1. The van der Waals surface area contributed by atoms with Crippen molar-refractivity contribution in [3.63, 3.8) is 0 Å². The van der Waals surface area contributed by atoms with Crippen LogP contribution in [0, 0.1) is 6.92 Å². The van der Waals surface area contributed by atoms with Crippen molar-refractivity contribution in [2.24, 2.45) is 4.99 Å². The maximum Gasteiger partial charge on any atom is 0.373 e. The van der Waals surface area contributed by atoms with E-state index in [9.17, 15) is 4.79 Å². The standard InChI is InChI=1S/C23H19BrN2O3/c1-15-11-17(7-9-20(15)24)25-12-16-13-26(21-6-4-3-5-19(16)21)14-18-8-10-22(29-18)23(27)28-2/h3-13H,14H2,1-2H3. The molecule has 0 N–H and O–H groups in total. The average molecular weight is 451 g/mol. The summed E-state index contributed by atoms with van der Waals surface area (Å²) in [6.45, 7) is 2.55. The summed E-state index contributed by atoms with van der Waals surface area (Å²) in [6.07, 6.45) is 3.92. The largest absolute Gasteiger partial charge is 0.463 e. The Kier molecular flexibility index (Phi) is 5.36. The second-order valence-electron chi connectivity index (χ2n) is 6.68. The van der Waals surface area contributed by atoms with Gasteiger partial charge in [0, 0.05) is 33.4 Å². The minimum Gasteiger partial charge on any atom is -0.463 e. The number of furan rings is 1. The molecule has 29 heavy (non-hydrogen) atoms. The Morgan fingerprint density at radius 2 is 2.03 bits per heavy atom. The number of aliphatic imine (C=N–C) groups is 1. The first-order chi connectivity index (χ1) is 14.0. The van der Waals surface area contributed by atoms with Gasteiger partial charge in [0.05, 0.1) is 19.3 Å². The number of para-hydroxylation sites is 1. The summed E-state index contributed by atoms with van der Waals surface area (Å²) >= 11 is 3.51. The summed E-state index contributed by atoms with van der Waals surface area (Å²) in [5.74, 6) is 0.399. The maximum absolute atomic E-state index is 11.6. The number of rotatable bonds is 5. The van der Waals surface area contributed by atoms with Crippen LogP contribution < -0.4 is 0 Å². The zero-order valence-corrected chi connectivity index (χ0v) is 17.6. The average Bonchev–Trinajstić information content (AvgIpc) is 3.34. The van der Waals surface area contributed by atoms with E-state index in [1.165, 1.54) is 7.11 Å². The molecule has 0 saturated carbocycles. The maximum atomic E-state index is 11.6. The highest BCUT2D eigenvalue weighted by atomic mass is 79.9. The number of esters is 1. The van der Waals surface area contributed by atoms with Crippen LogP contribution in [0.5, 0.6) is 0 Å². The van der Waals surface area contributed by atoms with Crippen molar-refractivity contribution < 1.29 is 13.9 Å². The van der Waals surface area contributed by atoms with Crippen molar-refractivity contribution in [3.8, 4) is 0 Å². The Bertz CT molecular complexity index is 1220. The van der Waals surface area contributed by atoms with Gasteiger partial charge in [0.15, 0.2) is 0 Å². The molecule has 0 atom stereocenters. The second kappa shape index (κ2) is 8.09. The molecule has 0 fully saturated rings. The van der Waals surface area contributed by atoms with Gasteiger partial charge in [0.1, 0.15) is 5.76 Å². The van der Waals surface area contributed by atoms with Crippen LogP contribution in [-0.4, -0.2) is 23.9 Å². The Balaban J connectivity index is 1.66. The van der Waals surface area contributed by atoms with Crippen LogP contribution in [0.1, 0.15) is 27.4 Å². The highest BCUT2D eigenvalue weighted by Gasteiger charge is 2.13. The van der Waals surface area contributed by atoms with Crippen LogP contribution in [0.2, 0.25) is 0 Å². The SMILES string of the molecule is COC(=O)c1ccc(Cn2cc(C=Nc3ccc(Br)c(C)c3)c3ccccc32)o1. The van der Waals surface area contributed by atoms with Crippen LogP contribution in [-0.2, 0) is 11.3 Å². The smallest absolute Gasteiger partial charge is 0.373 e. The van der Waals surface area contributed by atoms with E-state index in [2.05, 4.69) is 37.6 Å². The monoisotopic (exact) mass is 450 g/mol. The highest BCUT2D eigenvalue weighted by molar-refractivity contribution is 9.10. The summed E-state index contributed by atoms with van der Waals surface area (Å²) in [4.78, 5) is 16.3. The van der Waals surface area contributed by atoms with Gasteiger partial charge in [0.25, 0.3) is 0 Å². The quantitative estimate of drug-likeness (QED) is 0.281. The summed E-state index contributed by atoms with van der Waals surface area (Å²) in [5.41, 5.74) is 4.12. The van der Waals surface area contributed by atoms with E-state index in [1.54, 1.807) is 12.1 Å². The molecule has 5 nitrogen and oxygen atoms in total.